The highest BCUT2D eigenvalue weighted by Gasteiger charge is 2.29. The third kappa shape index (κ3) is 3.97. The summed E-state index contributed by atoms with van der Waals surface area (Å²) >= 11 is 0. The van der Waals surface area contributed by atoms with E-state index in [-0.39, 0.29) is 30.0 Å². The summed E-state index contributed by atoms with van der Waals surface area (Å²) in [6, 6.07) is 6.82. The van der Waals surface area contributed by atoms with E-state index >= 15 is 0 Å². The minimum atomic E-state index is -0.230. The minimum Gasteiger partial charge on any atom is -0.508 e. The monoisotopic (exact) mass is 291 g/mol. The molecular formula is C16H21NO4. The normalized spacial score (nSPS) is 18.3. The number of benzene rings is 1. The second-order valence-electron chi connectivity index (χ2n) is 5.24. The number of ether oxygens (including phenoxy) is 1. The number of piperidine rings is 1. The maximum atomic E-state index is 12.3. The molecule has 21 heavy (non-hydrogen) atoms. The summed E-state index contributed by atoms with van der Waals surface area (Å²) in [5.74, 6) is -0.389. The van der Waals surface area contributed by atoms with Crippen molar-refractivity contribution in [1.29, 1.82) is 0 Å². The third-order valence-corrected chi connectivity index (χ3v) is 3.73. The van der Waals surface area contributed by atoms with Crippen molar-refractivity contribution >= 4 is 11.9 Å². The van der Waals surface area contributed by atoms with Crippen LogP contribution >= 0.6 is 0 Å². The zero-order chi connectivity index (χ0) is 15.2. The molecule has 1 N–H and O–H groups in total. The second-order valence-corrected chi connectivity index (χ2v) is 5.24. The van der Waals surface area contributed by atoms with Crippen molar-refractivity contribution < 1.29 is 19.4 Å². The molecule has 0 bridgehead atoms. The lowest BCUT2D eigenvalue weighted by atomic mass is 9.97. The summed E-state index contributed by atoms with van der Waals surface area (Å²) in [6.07, 6.45) is 1.72. The Balaban J connectivity index is 1.96. The van der Waals surface area contributed by atoms with Gasteiger partial charge >= 0.3 is 5.97 Å². The van der Waals surface area contributed by atoms with Crippen LogP contribution in [0.2, 0.25) is 0 Å². The molecule has 1 aromatic rings. The average Bonchev–Trinajstić information content (AvgIpc) is 2.50. The van der Waals surface area contributed by atoms with Crippen LogP contribution < -0.4 is 0 Å². The number of nitrogens with zero attached hydrogens (tertiary/aromatic N) is 1. The average molecular weight is 291 g/mol. The Morgan fingerprint density at radius 1 is 1.38 bits per heavy atom. The fraction of sp³-hybridized carbons (Fsp3) is 0.500. The molecule has 0 radical (unpaired) electrons. The third-order valence-electron chi connectivity index (χ3n) is 3.73. The highest BCUT2D eigenvalue weighted by molar-refractivity contribution is 5.81. The number of carbonyl (C=O) groups excluding carboxylic acids is 2. The Labute approximate surface area is 124 Å². The number of aromatic hydroxyl groups is 1. The van der Waals surface area contributed by atoms with Gasteiger partial charge in [0.25, 0.3) is 0 Å². The highest BCUT2D eigenvalue weighted by Crippen LogP contribution is 2.21. The zero-order valence-electron chi connectivity index (χ0n) is 12.2. The Kier molecular flexibility index (Phi) is 5.20. The van der Waals surface area contributed by atoms with Crippen LogP contribution in [0.3, 0.4) is 0 Å². The Hall–Kier alpha value is -2.04. The van der Waals surface area contributed by atoms with E-state index in [1.165, 1.54) is 0 Å². The van der Waals surface area contributed by atoms with Crippen molar-refractivity contribution in [3.8, 4) is 5.75 Å². The van der Waals surface area contributed by atoms with Crippen LogP contribution in [0.4, 0.5) is 0 Å². The van der Waals surface area contributed by atoms with Crippen molar-refractivity contribution in [3.05, 3.63) is 29.8 Å². The Morgan fingerprint density at radius 2 is 2.14 bits per heavy atom. The maximum absolute atomic E-state index is 12.3. The van der Waals surface area contributed by atoms with Gasteiger partial charge in [-0.1, -0.05) is 18.2 Å². The Morgan fingerprint density at radius 3 is 2.86 bits per heavy atom. The zero-order valence-corrected chi connectivity index (χ0v) is 12.2. The molecule has 1 fully saturated rings. The van der Waals surface area contributed by atoms with Crippen LogP contribution in [-0.2, 0) is 20.7 Å². The molecule has 0 aromatic heterocycles. The van der Waals surface area contributed by atoms with Gasteiger partial charge in [-0.25, -0.2) is 0 Å². The number of hydrogen-bond donors (Lipinski definition) is 1. The van der Waals surface area contributed by atoms with E-state index in [1.54, 1.807) is 36.1 Å². The standard InChI is InChI=1S/C16H21NO4/c1-2-21-16(20)13-7-5-9-17(11-13)15(19)10-12-6-3-4-8-14(12)18/h3-4,6,8,13,18H,2,5,7,9-11H2,1H3/t13-/m0/s1. The number of likely N-dealkylation sites (tertiary alicyclic amines) is 1. The lowest BCUT2D eigenvalue weighted by molar-refractivity contribution is -0.151. The van der Waals surface area contributed by atoms with E-state index in [0.29, 0.717) is 25.3 Å². The number of phenols is 1. The summed E-state index contributed by atoms with van der Waals surface area (Å²) in [6.45, 7) is 3.20. The fourth-order valence-electron chi connectivity index (χ4n) is 2.59. The lowest BCUT2D eigenvalue weighted by Gasteiger charge is -2.31. The van der Waals surface area contributed by atoms with Crippen molar-refractivity contribution in [2.24, 2.45) is 5.92 Å². The number of carbonyl (C=O) groups is 2. The van der Waals surface area contributed by atoms with Gasteiger partial charge in [0.2, 0.25) is 5.91 Å². The number of hydrogen-bond acceptors (Lipinski definition) is 4. The minimum absolute atomic E-state index is 0.0644. The first-order valence-electron chi connectivity index (χ1n) is 7.33. The van der Waals surface area contributed by atoms with Crippen molar-refractivity contribution in [2.45, 2.75) is 26.2 Å². The molecular weight excluding hydrogens is 270 g/mol. The molecule has 0 saturated carbocycles. The van der Waals surface area contributed by atoms with E-state index in [1.807, 2.05) is 0 Å². The van der Waals surface area contributed by atoms with Crippen molar-refractivity contribution in [1.82, 2.24) is 4.90 Å². The predicted molar refractivity (Wildman–Crippen MR) is 77.7 cm³/mol. The molecule has 5 heteroatoms. The molecule has 1 aliphatic rings. The molecule has 1 amide bonds. The first kappa shape index (κ1) is 15.4. The van der Waals surface area contributed by atoms with E-state index in [0.717, 1.165) is 12.8 Å². The van der Waals surface area contributed by atoms with Gasteiger partial charge in [-0.3, -0.25) is 9.59 Å². The molecule has 1 aliphatic heterocycles. The Bertz CT molecular complexity index is 515. The van der Waals surface area contributed by atoms with Crippen molar-refractivity contribution in [2.75, 3.05) is 19.7 Å². The first-order valence-corrected chi connectivity index (χ1v) is 7.33. The second kappa shape index (κ2) is 7.11. The topological polar surface area (TPSA) is 66.8 Å². The summed E-state index contributed by atoms with van der Waals surface area (Å²) in [4.78, 5) is 25.8. The predicted octanol–water partition coefficient (Wildman–Crippen LogP) is 1.74. The van der Waals surface area contributed by atoms with Gasteiger partial charge in [0, 0.05) is 18.7 Å². The van der Waals surface area contributed by atoms with Gasteiger partial charge in [0.05, 0.1) is 18.9 Å². The van der Waals surface area contributed by atoms with Gasteiger partial charge < -0.3 is 14.7 Å². The van der Waals surface area contributed by atoms with Gasteiger partial charge in [-0.15, -0.1) is 0 Å². The molecule has 1 aromatic carbocycles. The van der Waals surface area contributed by atoms with Crippen molar-refractivity contribution in [3.63, 3.8) is 0 Å². The number of para-hydroxylation sites is 1. The molecule has 1 saturated heterocycles. The number of esters is 1. The molecule has 1 atom stereocenters. The first-order chi connectivity index (χ1) is 10.1. The van der Waals surface area contributed by atoms with Gasteiger partial charge in [0.1, 0.15) is 5.75 Å². The molecule has 1 heterocycles. The van der Waals surface area contributed by atoms with Crippen LogP contribution in [0, 0.1) is 5.92 Å². The number of amides is 1. The quantitative estimate of drug-likeness (QED) is 0.858. The van der Waals surface area contributed by atoms with E-state index in [2.05, 4.69) is 0 Å². The summed E-state index contributed by atoms with van der Waals surface area (Å²) in [5.41, 5.74) is 0.612. The van der Waals surface area contributed by atoms with Crippen LogP contribution in [0.1, 0.15) is 25.3 Å². The van der Waals surface area contributed by atoms with Crippen LogP contribution in [-0.4, -0.2) is 41.6 Å². The number of phenolic OH excluding ortho intramolecular Hbond substituents is 1. The van der Waals surface area contributed by atoms with Gasteiger partial charge in [0.15, 0.2) is 0 Å². The molecule has 114 valence electrons. The van der Waals surface area contributed by atoms with Gasteiger partial charge in [-0.2, -0.15) is 0 Å². The molecule has 2 rings (SSSR count). The fourth-order valence-corrected chi connectivity index (χ4v) is 2.59. The van der Waals surface area contributed by atoms with E-state index in [4.69, 9.17) is 4.74 Å². The molecule has 5 nitrogen and oxygen atoms in total. The van der Waals surface area contributed by atoms with E-state index < -0.39 is 0 Å². The smallest absolute Gasteiger partial charge is 0.310 e. The molecule has 0 unspecified atom stereocenters. The number of rotatable bonds is 4. The van der Waals surface area contributed by atoms with E-state index in [9.17, 15) is 14.7 Å². The van der Waals surface area contributed by atoms with Crippen LogP contribution in [0.25, 0.3) is 0 Å². The summed E-state index contributed by atoms with van der Waals surface area (Å²) < 4.78 is 5.03. The molecule has 0 aliphatic carbocycles. The lowest BCUT2D eigenvalue weighted by Crippen LogP contribution is -2.43. The highest BCUT2D eigenvalue weighted by atomic mass is 16.5. The summed E-state index contributed by atoms with van der Waals surface area (Å²) in [7, 11) is 0. The van der Waals surface area contributed by atoms with Crippen LogP contribution in [0.5, 0.6) is 5.75 Å². The maximum Gasteiger partial charge on any atom is 0.310 e. The van der Waals surface area contributed by atoms with Gasteiger partial charge in [-0.05, 0) is 25.8 Å². The van der Waals surface area contributed by atoms with Crippen LogP contribution in [0.15, 0.2) is 24.3 Å². The summed E-state index contributed by atoms with van der Waals surface area (Å²) in [5, 5.41) is 9.72. The molecule has 0 spiro atoms. The SMILES string of the molecule is CCOC(=O)[C@H]1CCCN(C(=O)Cc2ccccc2O)C1. The largest absolute Gasteiger partial charge is 0.508 e.